The third-order valence-corrected chi connectivity index (χ3v) is 4.38. The summed E-state index contributed by atoms with van der Waals surface area (Å²) < 4.78 is 0. The van der Waals surface area contributed by atoms with Crippen LogP contribution in [0.4, 0.5) is 5.69 Å². The summed E-state index contributed by atoms with van der Waals surface area (Å²) in [5.41, 5.74) is 8.86. The lowest BCUT2D eigenvalue weighted by atomic mass is 10.0. The van der Waals surface area contributed by atoms with Gasteiger partial charge in [-0.2, -0.15) is 0 Å². The molecule has 19 heavy (non-hydrogen) atoms. The number of hydrogen-bond acceptors (Lipinski definition) is 2. The fourth-order valence-corrected chi connectivity index (χ4v) is 2.79. The summed E-state index contributed by atoms with van der Waals surface area (Å²) in [6.45, 7) is 4.02. The van der Waals surface area contributed by atoms with Gasteiger partial charge in [-0.3, -0.25) is 0 Å². The van der Waals surface area contributed by atoms with Crippen LogP contribution < -0.4 is 10.6 Å². The highest BCUT2D eigenvalue weighted by Gasteiger charge is 2.42. The molecule has 0 saturated heterocycles. The summed E-state index contributed by atoms with van der Waals surface area (Å²) >= 11 is 0. The first-order valence-electron chi connectivity index (χ1n) is 7.04. The molecule has 1 aliphatic rings. The van der Waals surface area contributed by atoms with Crippen LogP contribution >= 0.6 is 0 Å². The van der Waals surface area contributed by atoms with E-state index in [0.29, 0.717) is 5.41 Å². The molecule has 0 bridgehead atoms. The second-order valence-electron chi connectivity index (χ2n) is 6.10. The smallest absolute Gasteiger partial charge is 0.0370 e. The number of hydrogen-bond donors (Lipinski definition) is 1. The molecule has 0 unspecified atom stereocenters. The zero-order valence-corrected chi connectivity index (χ0v) is 11.8. The molecule has 100 valence electrons. The van der Waals surface area contributed by atoms with Crippen LogP contribution in [0, 0.1) is 12.3 Å². The van der Waals surface area contributed by atoms with Gasteiger partial charge in [0.15, 0.2) is 0 Å². The summed E-state index contributed by atoms with van der Waals surface area (Å²) in [5, 5.41) is 2.63. The van der Waals surface area contributed by atoms with Crippen LogP contribution in [0.25, 0.3) is 10.8 Å². The highest BCUT2D eigenvalue weighted by Crippen LogP contribution is 2.45. The summed E-state index contributed by atoms with van der Waals surface area (Å²) in [4.78, 5) is 2.35. The van der Waals surface area contributed by atoms with Gasteiger partial charge in [0.1, 0.15) is 0 Å². The molecule has 1 aliphatic carbocycles. The van der Waals surface area contributed by atoms with E-state index >= 15 is 0 Å². The van der Waals surface area contributed by atoms with Crippen LogP contribution in [0.1, 0.15) is 18.4 Å². The minimum Gasteiger partial charge on any atom is -0.374 e. The Hall–Kier alpha value is -1.54. The van der Waals surface area contributed by atoms with Gasteiger partial charge in [0.05, 0.1) is 0 Å². The van der Waals surface area contributed by atoms with Gasteiger partial charge in [0.2, 0.25) is 0 Å². The van der Waals surface area contributed by atoms with Crippen LogP contribution in [0.3, 0.4) is 0 Å². The van der Waals surface area contributed by atoms with Crippen molar-refractivity contribution in [2.24, 2.45) is 11.1 Å². The van der Waals surface area contributed by atoms with Gasteiger partial charge in [0.25, 0.3) is 0 Å². The van der Waals surface area contributed by atoms with E-state index in [4.69, 9.17) is 5.73 Å². The molecule has 0 amide bonds. The largest absolute Gasteiger partial charge is 0.374 e. The third kappa shape index (κ3) is 2.45. The van der Waals surface area contributed by atoms with Gasteiger partial charge in [0, 0.05) is 24.7 Å². The number of anilines is 1. The molecule has 0 aromatic heterocycles. The Morgan fingerprint density at radius 2 is 1.79 bits per heavy atom. The van der Waals surface area contributed by atoms with Gasteiger partial charge < -0.3 is 10.6 Å². The minimum atomic E-state index is 0.386. The molecular weight excluding hydrogens is 232 g/mol. The van der Waals surface area contributed by atoms with Crippen LogP contribution in [0.2, 0.25) is 0 Å². The number of fused-ring (bicyclic) bond motifs is 1. The molecule has 2 aromatic rings. The van der Waals surface area contributed by atoms with E-state index in [-0.39, 0.29) is 0 Å². The Bertz CT molecular complexity index is 599. The van der Waals surface area contributed by atoms with Crippen LogP contribution in [-0.2, 0) is 0 Å². The third-order valence-electron chi connectivity index (χ3n) is 4.38. The standard InChI is InChI=1S/C17H22N2/c1-13-3-4-15-10-16(6-5-14(15)9-13)19(2)12-17(11-18)7-8-17/h3-6,9-10H,7-8,11-12,18H2,1-2H3. The quantitative estimate of drug-likeness (QED) is 0.907. The van der Waals surface area contributed by atoms with Crippen molar-refractivity contribution in [1.29, 1.82) is 0 Å². The second-order valence-corrected chi connectivity index (χ2v) is 6.10. The Balaban J connectivity index is 1.86. The zero-order valence-electron chi connectivity index (χ0n) is 11.8. The highest BCUT2D eigenvalue weighted by atomic mass is 15.1. The first-order valence-corrected chi connectivity index (χ1v) is 7.04. The molecule has 1 fully saturated rings. The number of nitrogens with zero attached hydrogens (tertiary/aromatic N) is 1. The van der Waals surface area contributed by atoms with Crippen molar-refractivity contribution in [3.63, 3.8) is 0 Å². The van der Waals surface area contributed by atoms with E-state index in [2.05, 4.69) is 55.3 Å². The molecule has 2 nitrogen and oxygen atoms in total. The molecule has 2 aromatic carbocycles. The monoisotopic (exact) mass is 254 g/mol. The molecule has 2 heteroatoms. The maximum atomic E-state index is 5.88. The minimum absolute atomic E-state index is 0.386. The van der Waals surface area contributed by atoms with Gasteiger partial charge in [-0.1, -0.05) is 29.8 Å². The van der Waals surface area contributed by atoms with Crippen molar-refractivity contribution in [2.75, 3.05) is 25.0 Å². The second kappa shape index (κ2) is 4.53. The molecular formula is C17H22N2. The lowest BCUT2D eigenvalue weighted by Gasteiger charge is -2.25. The molecule has 0 atom stereocenters. The fraction of sp³-hybridized carbons (Fsp3) is 0.412. The molecule has 0 aliphatic heterocycles. The van der Waals surface area contributed by atoms with E-state index in [1.54, 1.807) is 0 Å². The maximum absolute atomic E-state index is 5.88. The van der Waals surface area contributed by atoms with E-state index in [9.17, 15) is 0 Å². The van der Waals surface area contributed by atoms with Crippen molar-refractivity contribution in [2.45, 2.75) is 19.8 Å². The molecule has 0 spiro atoms. The SMILES string of the molecule is Cc1ccc2cc(N(C)CC3(CN)CC3)ccc2c1. The number of benzene rings is 2. The predicted octanol–water partition coefficient (Wildman–Crippen LogP) is 3.32. The zero-order chi connectivity index (χ0) is 13.5. The summed E-state index contributed by atoms with van der Waals surface area (Å²) in [6.07, 6.45) is 2.56. The molecule has 0 radical (unpaired) electrons. The van der Waals surface area contributed by atoms with E-state index in [0.717, 1.165) is 13.1 Å². The first kappa shape index (κ1) is 12.5. The predicted molar refractivity (Wildman–Crippen MR) is 82.7 cm³/mol. The average molecular weight is 254 g/mol. The van der Waals surface area contributed by atoms with Gasteiger partial charge >= 0.3 is 0 Å². The van der Waals surface area contributed by atoms with Crippen molar-refractivity contribution in [1.82, 2.24) is 0 Å². The fourth-order valence-electron chi connectivity index (χ4n) is 2.79. The lowest BCUT2D eigenvalue weighted by molar-refractivity contribution is 0.523. The molecule has 1 saturated carbocycles. The summed E-state index contributed by atoms with van der Waals surface area (Å²) in [6, 6.07) is 13.3. The highest BCUT2D eigenvalue weighted by molar-refractivity contribution is 5.86. The van der Waals surface area contributed by atoms with Crippen LogP contribution in [0.15, 0.2) is 36.4 Å². The maximum Gasteiger partial charge on any atom is 0.0370 e. The average Bonchev–Trinajstić information content (AvgIpc) is 3.18. The van der Waals surface area contributed by atoms with Crippen molar-refractivity contribution in [3.05, 3.63) is 42.0 Å². The lowest BCUT2D eigenvalue weighted by Crippen LogP contribution is -2.31. The van der Waals surface area contributed by atoms with E-state index < -0.39 is 0 Å². The number of aryl methyl sites for hydroxylation is 1. The van der Waals surface area contributed by atoms with Crippen molar-refractivity contribution < 1.29 is 0 Å². The normalized spacial score (nSPS) is 16.6. The molecule has 2 N–H and O–H groups in total. The Morgan fingerprint density at radius 3 is 2.47 bits per heavy atom. The number of rotatable bonds is 4. The van der Waals surface area contributed by atoms with Crippen molar-refractivity contribution >= 4 is 16.5 Å². The van der Waals surface area contributed by atoms with Crippen molar-refractivity contribution in [3.8, 4) is 0 Å². The molecule has 3 rings (SSSR count). The van der Waals surface area contributed by atoms with Crippen LogP contribution in [-0.4, -0.2) is 20.1 Å². The van der Waals surface area contributed by atoms with Gasteiger partial charge in [-0.05, 0) is 49.2 Å². The Labute approximate surface area is 115 Å². The van der Waals surface area contributed by atoms with Crippen LogP contribution in [0.5, 0.6) is 0 Å². The van der Waals surface area contributed by atoms with E-state index in [1.165, 1.54) is 34.9 Å². The summed E-state index contributed by atoms with van der Waals surface area (Å²) in [5.74, 6) is 0. The Morgan fingerprint density at radius 1 is 1.11 bits per heavy atom. The van der Waals surface area contributed by atoms with E-state index in [1.807, 2.05) is 0 Å². The Kier molecular flexibility index (Phi) is 2.98. The number of nitrogens with two attached hydrogens (primary N) is 1. The molecule has 0 heterocycles. The van der Waals surface area contributed by atoms with Gasteiger partial charge in [-0.25, -0.2) is 0 Å². The summed E-state index contributed by atoms with van der Waals surface area (Å²) in [7, 11) is 2.17. The first-order chi connectivity index (χ1) is 9.12. The van der Waals surface area contributed by atoms with Gasteiger partial charge in [-0.15, -0.1) is 0 Å². The topological polar surface area (TPSA) is 29.3 Å².